The molecular weight excluding hydrogens is 331 g/mol. The van der Waals surface area contributed by atoms with E-state index in [1.54, 1.807) is 12.1 Å². The molecule has 0 bridgehead atoms. The second-order valence-corrected chi connectivity index (χ2v) is 6.77. The van der Waals surface area contributed by atoms with E-state index in [1.165, 1.54) is 32.1 Å². The summed E-state index contributed by atoms with van der Waals surface area (Å²) in [7, 11) is 0. The quantitative estimate of drug-likeness (QED) is 0.755. The first kappa shape index (κ1) is 16.3. The molecule has 2 N–H and O–H groups in total. The Morgan fingerprint density at radius 1 is 1.00 bits per heavy atom. The summed E-state index contributed by atoms with van der Waals surface area (Å²) in [4.78, 5) is 9.06. The van der Waals surface area contributed by atoms with Gasteiger partial charge in [0.1, 0.15) is 5.82 Å². The highest BCUT2D eigenvalue weighted by Gasteiger charge is 2.14. The van der Waals surface area contributed by atoms with E-state index in [2.05, 4.69) is 20.6 Å². The van der Waals surface area contributed by atoms with Crippen molar-refractivity contribution < 1.29 is 0 Å². The Hall–Kier alpha value is -1.52. The van der Waals surface area contributed by atoms with Crippen LogP contribution < -0.4 is 10.6 Å². The molecule has 1 aliphatic rings. The van der Waals surface area contributed by atoms with Gasteiger partial charge in [-0.1, -0.05) is 42.5 Å². The Kier molecular flexibility index (Phi) is 5.23. The Morgan fingerprint density at radius 3 is 2.52 bits per heavy atom. The van der Waals surface area contributed by atoms with E-state index in [0.717, 1.165) is 17.2 Å². The van der Waals surface area contributed by atoms with E-state index in [9.17, 15) is 0 Å². The number of hydrogen-bond acceptors (Lipinski definition) is 4. The summed E-state index contributed by atoms with van der Waals surface area (Å²) >= 11 is 12.0. The predicted octanol–water partition coefficient (Wildman–Crippen LogP) is 5.58. The van der Waals surface area contributed by atoms with Gasteiger partial charge in [0.05, 0.1) is 10.0 Å². The second kappa shape index (κ2) is 7.37. The van der Waals surface area contributed by atoms with Crippen molar-refractivity contribution in [3.05, 3.63) is 40.0 Å². The van der Waals surface area contributed by atoms with Gasteiger partial charge >= 0.3 is 0 Å². The molecule has 0 spiro atoms. The fourth-order valence-electron chi connectivity index (χ4n) is 2.85. The first-order valence-electron chi connectivity index (χ1n) is 7.94. The highest BCUT2D eigenvalue weighted by Crippen LogP contribution is 2.27. The Balaban J connectivity index is 1.75. The molecule has 0 unspecified atom stereocenters. The number of aryl methyl sites for hydroxylation is 1. The third-order valence-corrected chi connectivity index (χ3v) is 4.72. The van der Waals surface area contributed by atoms with Crippen LogP contribution in [0.4, 0.5) is 17.5 Å². The van der Waals surface area contributed by atoms with Crippen LogP contribution in [0.5, 0.6) is 0 Å². The maximum absolute atomic E-state index is 6.05. The molecule has 1 heterocycles. The standard InChI is InChI=1S/C17H20Cl2N4/c1-11-9-16(21-13-7-8-14(18)15(19)10-13)23-17(20-11)22-12-5-3-2-4-6-12/h7-10,12H,2-6H2,1H3,(H2,20,21,22,23). The number of aromatic nitrogens is 2. The van der Waals surface area contributed by atoms with Gasteiger partial charge in [-0.05, 0) is 38.0 Å². The largest absolute Gasteiger partial charge is 0.351 e. The van der Waals surface area contributed by atoms with Crippen molar-refractivity contribution in [2.24, 2.45) is 0 Å². The fraction of sp³-hybridized carbons (Fsp3) is 0.412. The van der Waals surface area contributed by atoms with Crippen molar-refractivity contribution in [2.75, 3.05) is 10.6 Å². The van der Waals surface area contributed by atoms with Gasteiger partial charge < -0.3 is 10.6 Å². The molecule has 1 saturated carbocycles. The molecule has 3 rings (SSSR count). The minimum absolute atomic E-state index is 0.475. The van der Waals surface area contributed by atoms with Crippen molar-refractivity contribution >= 4 is 40.7 Å². The summed E-state index contributed by atoms with van der Waals surface area (Å²) < 4.78 is 0. The molecule has 1 aromatic carbocycles. The number of rotatable bonds is 4. The first-order valence-corrected chi connectivity index (χ1v) is 8.70. The molecule has 1 aromatic heterocycles. The zero-order valence-electron chi connectivity index (χ0n) is 13.1. The zero-order chi connectivity index (χ0) is 16.2. The lowest BCUT2D eigenvalue weighted by atomic mass is 9.96. The van der Waals surface area contributed by atoms with Crippen LogP contribution in [0.2, 0.25) is 10.0 Å². The van der Waals surface area contributed by atoms with E-state index < -0.39 is 0 Å². The minimum atomic E-state index is 0.475. The van der Waals surface area contributed by atoms with Crippen LogP contribution in [-0.2, 0) is 0 Å². The SMILES string of the molecule is Cc1cc(Nc2ccc(Cl)c(Cl)c2)nc(NC2CCCCC2)n1. The lowest BCUT2D eigenvalue weighted by molar-refractivity contribution is 0.461. The van der Waals surface area contributed by atoms with Gasteiger partial charge in [0.15, 0.2) is 0 Å². The minimum Gasteiger partial charge on any atom is -0.351 e. The monoisotopic (exact) mass is 350 g/mol. The van der Waals surface area contributed by atoms with Crippen LogP contribution >= 0.6 is 23.2 Å². The molecule has 122 valence electrons. The first-order chi connectivity index (χ1) is 11.1. The van der Waals surface area contributed by atoms with Crippen LogP contribution in [0.3, 0.4) is 0 Å². The van der Waals surface area contributed by atoms with Crippen LogP contribution in [0, 0.1) is 6.92 Å². The van der Waals surface area contributed by atoms with Gasteiger partial charge in [0.2, 0.25) is 5.95 Å². The Morgan fingerprint density at radius 2 is 1.78 bits per heavy atom. The Bertz CT molecular complexity index is 684. The number of anilines is 3. The van der Waals surface area contributed by atoms with E-state index >= 15 is 0 Å². The third-order valence-electron chi connectivity index (χ3n) is 3.98. The molecule has 2 aromatic rings. The van der Waals surface area contributed by atoms with Crippen molar-refractivity contribution in [3.63, 3.8) is 0 Å². The van der Waals surface area contributed by atoms with Gasteiger partial charge in [0, 0.05) is 23.5 Å². The van der Waals surface area contributed by atoms with Crippen LogP contribution in [-0.4, -0.2) is 16.0 Å². The lowest BCUT2D eigenvalue weighted by Gasteiger charge is -2.23. The van der Waals surface area contributed by atoms with Crippen LogP contribution in [0.1, 0.15) is 37.8 Å². The number of benzene rings is 1. The molecule has 0 saturated heterocycles. The van der Waals surface area contributed by atoms with Crippen molar-refractivity contribution in [1.29, 1.82) is 0 Å². The maximum atomic E-state index is 6.05. The van der Waals surface area contributed by atoms with E-state index in [1.807, 2.05) is 19.1 Å². The van der Waals surface area contributed by atoms with Gasteiger partial charge in [-0.15, -0.1) is 0 Å². The summed E-state index contributed by atoms with van der Waals surface area (Å²) in [5.74, 6) is 1.42. The summed E-state index contributed by atoms with van der Waals surface area (Å²) in [6, 6.07) is 7.81. The average molecular weight is 351 g/mol. The third kappa shape index (κ3) is 4.49. The molecule has 0 amide bonds. The molecule has 0 aliphatic heterocycles. The Labute approximate surface area is 146 Å². The van der Waals surface area contributed by atoms with Crippen LogP contribution in [0.25, 0.3) is 0 Å². The van der Waals surface area contributed by atoms with Crippen molar-refractivity contribution in [3.8, 4) is 0 Å². The summed E-state index contributed by atoms with van der Waals surface area (Å²) in [6.45, 7) is 1.97. The molecule has 1 fully saturated rings. The molecule has 6 heteroatoms. The summed E-state index contributed by atoms with van der Waals surface area (Å²) in [5, 5.41) is 7.77. The molecule has 23 heavy (non-hydrogen) atoms. The van der Waals surface area contributed by atoms with E-state index in [-0.39, 0.29) is 0 Å². The maximum Gasteiger partial charge on any atom is 0.225 e. The lowest BCUT2D eigenvalue weighted by Crippen LogP contribution is -2.23. The second-order valence-electron chi connectivity index (χ2n) is 5.95. The number of nitrogens with zero attached hydrogens (tertiary/aromatic N) is 2. The van der Waals surface area contributed by atoms with E-state index in [4.69, 9.17) is 23.2 Å². The van der Waals surface area contributed by atoms with Crippen molar-refractivity contribution in [1.82, 2.24) is 9.97 Å². The fourth-order valence-corrected chi connectivity index (χ4v) is 3.15. The molecule has 0 atom stereocenters. The molecular formula is C17H20Cl2N4. The summed E-state index contributed by atoms with van der Waals surface area (Å²) in [6.07, 6.45) is 6.26. The number of hydrogen-bond donors (Lipinski definition) is 2. The van der Waals surface area contributed by atoms with Crippen LogP contribution in [0.15, 0.2) is 24.3 Å². The number of halogens is 2. The van der Waals surface area contributed by atoms with Gasteiger partial charge in [-0.25, -0.2) is 4.98 Å². The number of nitrogens with one attached hydrogen (secondary N) is 2. The summed E-state index contributed by atoms with van der Waals surface area (Å²) in [5.41, 5.74) is 1.77. The van der Waals surface area contributed by atoms with Gasteiger partial charge in [-0.2, -0.15) is 4.98 Å². The van der Waals surface area contributed by atoms with E-state index in [0.29, 0.717) is 22.0 Å². The highest BCUT2D eigenvalue weighted by atomic mass is 35.5. The molecule has 1 aliphatic carbocycles. The van der Waals surface area contributed by atoms with Gasteiger partial charge in [0.25, 0.3) is 0 Å². The zero-order valence-corrected chi connectivity index (χ0v) is 14.6. The van der Waals surface area contributed by atoms with Crippen molar-refractivity contribution in [2.45, 2.75) is 45.1 Å². The smallest absolute Gasteiger partial charge is 0.225 e. The predicted molar refractivity (Wildman–Crippen MR) is 97.0 cm³/mol. The molecule has 0 radical (unpaired) electrons. The average Bonchev–Trinajstić information content (AvgIpc) is 2.51. The van der Waals surface area contributed by atoms with Gasteiger partial charge in [-0.3, -0.25) is 0 Å². The highest BCUT2D eigenvalue weighted by molar-refractivity contribution is 6.42. The molecule has 4 nitrogen and oxygen atoms in total. The normalized spacial score (nSPS) is 15.4. The topological polar surface area (TPSA) is 49.8 Å².